The van der Waals surface area contributed by atoms with Crippen molar-refractivity contribution in [3.63, 3.8) is 0 Å². The molecule has 0 amide bonds. The summed E-state index contributed by atoms with van der Waals surface area (Å²) in [6, 6.07) is 12.2. The summed E-state index contributed by atoms with van der Waals surface area (Å²) in [6.45, 7) is 0. The Kier molecular flexibility index (Phi) is 3.50. The molecule has 0 spiro atoms. The van der Waals surface area contributed by atoms with Gasteiger partial charge in [0.15, 0.2) is 5.78 Å². The maximum absolute atomic E-state index is 12.2. The van der Waals surface area contributed by atoms with Gasteiger partial charge in [-0.25, -0.2) is 0 Å². The molecule has 17 heavy (non-hydrogen) atoms. The summed E-state index contributed by atoms with van der Waals surface area (Å²) in [5.41, 5.74) is 7.09. The minimum Gasteiger partial charge on any atom is -0.398 e. The molecule has 0 fully saturated rings. The lowest BCUT2D eigenvalue weighted by Crippen LogP contribution is -2.03. The number of ketones is 1. The van der Waals surface area contributed by atoms with E-state index >= 15 is 0 Å². The zero-order valence-corrected chi connectivity index (χ0v) is 11.1. The Bertz CT molecular complexity index is 566. The van der Waals surface area contributed by atoms with Gasteiger partial charge in [0.25, 0.3) is 0 Å². The summed E-state index contributed by atoms with van der Waals surface area (Å²) in [7, 11) is 0. The van der Waals surface area contributed by atoms with E-state index in [4.69, 9.17) is 17.3 Å². The SMILES string of the molecule is Nc1cccc(C(=O)c2ccc(Br)cc2)c1Cl. The molecule has 2 nitrogen and oxygen atoms in total. The number of carbonyl (C=O) groups is 1. The van der Waals surface area contributed by atoms with E-state index in [1.807, 2.05) is 12.1 Å². The van der Waals surface area contributed by atoms with E-state index < -0.39 is 0 Å². The van der Waals surface area contributed by atoms with Crippen molar-refractivity contribution >= 4 is 39.0 Å². The Morgan fingerprint density at radius 1 is 1.12 bits per heavy atom. The van der Waals surface area contributed by atoms with Gasteiger partial charge in [0.05, 0.1) is 10.7 Å². The number of nitrogens with two attached hydrogens (primary N) is 1. The molecule has 0 saturated carbocycles. The quantitative estimate of drug-likeness (QED) is 0.675. The largest absolute Gasteiger partial charge is 0.398 e. The normalized spacial score (nSPS) is 10.2. The van der Waals surface area contributed by atoms with Crippen molar-refractivity contribution in [3.05, 3.63) is 63.1 Å². The van der Waals surface area contributed by atoms with Gasteiger partial charge in [-0.15, -0.1) is 0 Å². The highest BCUT2D eigenvalue weighted by Gasteiger charge is 2.13. The molecule has 86 valence electrons. The van der Waals surface area contributed by atoms with Crippen LogP contribution in [0.15, 0.2) is 46.9 Å². The van der Waals surface area contributed by atoms with Crippen LogP contribution in [0.25, 0.3) is 0 Å². The standard InChI is InChI=1S/C13H9BrClNO/c14-9-6-4-8(5-7-9)13(17)10-2-1-3-11(16)12(10)15/h1-7H,16H2. The Morgan fingerprint density at radius 2 is 1.76 bits per heavy atom. The minimum absolute atomic E-state index is 0.130. The van der Waals surface area contributed by atoms with Crippen LogP contribution in [0, 0.1) is 0 Å². The highest BCUT2D eigenvalue weighted by molar-refractivity contribution is 9.10. The third kappa shape index (κ3) is 2.51. The van der Waals surface area contributed by atoms with E-state index in [0.717, 1.165) is 4.47 Å². The van der Waals surface area contributed by atoms with Gasteiger partial charge >= 0.3 is 0 Å². The molecule has 2 aromatic rings. The van der Waals surface area contributed by atoms with Gasteiger partial charge < -0.3 is 5.73 Å². The van der Waals surface area contributed by atoms with Crippen molar-refractivity contribution in [3.8, 4) is 0 Å². The molecule has 2 rings (SSSR count). The fourth-order valence-electron chi connectivity index (χ4n) is 1.48. The molecule has 0 aromatic heterocycles. The molecule has 2 N–H and O–H groups in total. The highest BCUT2D eigenvalue weighted by Crippen LogP contribution is 2.25. The molecule has 0 heterocycles. The lowest BCUT2D eigenvalue weighted by Gasteiger charge is -2.05. The van der Waals surface area contributed by atoms with Crippen molar-refractivity contribution in [2.24, 2.45) is 0 Å². The number of carbonyl (C=O) groups excluding carboxylic acids is 1. The maximum Gasteiger partial charge on any atom is 0.194 e. The molecule has 0 radical (unpaired) electrons. The van der Waals surface area contributed by atoms with E-state index in [2.05, 4.69) is 15.9 Å². The average Bonchev–Trinajstić information content (AvgIpc) is 2.33. The maximum atomic E-state index is 12.2. The minimum atomic E-state index is -0.130. The van der Waals surface area contributed by atoms with Crippen LogP contribution >= 0.6 is 27.5 Å². The highest BCUT2D eigenvalue weighted by atomic mass is 79.9. The van der Waals surface area contributed by atoms with E-state index in [-0.39, 0.29) is 5.78 Å². The average molecular weight is 311 g/mol. The summed E-state index contributed by atoms with van der Waals surface area (Å²) in [4.78, 5) is 12.2. The molecule has 2 aromatic carbocycles. The number of benzene rings is 2. The number of hydrogen-bond acceptors (Lipinski definition) is 2. The first-order chi connectivity index (χ1) is 8.09. The fourth-order valence-corrected chi connectivity index (χ4v) is 1.96. The zero-order chi connectivity index (χ0) is 12.4. The first-order valence-electron chi connectivity index (χ1n) is 4.94. The summed E-state index contributed by atoms with van der Waals surface area (Å²) >= 11 is 9.33. The Hall–Kier alpha value is -1.32. The second-order valence-corrected chi connectivity index (χ2v) is 4.84. The second-order valence-electron chi connectivity index (χ2n) is 3.54. The molecule has 4 heteroatoms. The number of hydrogen-bond donors (Lipinski definition) is 1. The topological polar surface area (TPSA) is 43.1 Å². The number of rotatable bonds is 2. The predicted molar refractivity (Wildman–Crippen MR) is 73.4 cm³/mol. The van der Waals surface area contributed by atoms with Crippen molar-refractivity contribution in [2.75, 3.05) is 5.73 Å². The van der Waals surface area contributed by atoms with Gasteiger partial charge in [0.1, 0.15) is 0 Å². The molecular weight excluding hydrogens is 302 g/mol. The third-order valence-electron chi connectivity index (χ3n) is 2.38. The van der Waals surface area contributed by atoms with Crippen molar-refractivity contribution < 1.29 is 4.79 Å². The second kappa shape index (κ2) is 4.90. The summed E-state index contributed by atoms with van der Waals surface area (Å²) in [5, 5.41) is 0.306. The molecule has 0 aliphatic carbocycles. The van der Waals surface area contributed by atoms with Crippen LogP contribution in [-0.2, 0) is 0 Å². The first kappa shape index (κ1) is 12.1. The molecule has 0 atom stereocenters. The van der Waals surface area contributed by atoms with Crippen LogP contribution in [0.5, 0.6) is 0 Å². The number of anilines is 1. The lowest BCUT2D eigenvalue weighted by atomic mass is 10.0. The van der Waals surface area contributed by atoms with Gasteiger partial charge in [-0.2, -0.15) is 0 Å². The van der Waals surface area contributed by atoms with E-state index in [1.54, 1.807) is 30.3 Å². The van der Waals surface area contributed by atoms with Crippen molar-refractivity contribution in [1.82, 2.24) is 0 Å². The van der Waals surface area contributed by atoms with Crippen LogP contribution < -0.4 is 5.73 Å². The molecule has 0 aliphatic rings. The van der Waals surface area contributed by atoms with Gasteiger partial charge in [0, 0.05) is 15.6 Å². The van der Waals surface area contributed by atoms with Crippen LogP contribution in [0.3, 0.4) is 0 Å². The number of halogens is 2. The van der Waals surface area contributed by atoms with Crippen LogP contribution in [0.2, 0.25) is 5.02 Å². The van der Waals surface area contributed by atoms with Gasteiger partial charge in [-0.1, -0.05) is 33.6 Å². The summed E-state index contributed by atoms with van der Waals surface area (Å²) < 4.78 is 0.924. The predicted octanol–water partition coefficient (Wildman–Crippen LogP) is 3.92. The fraction of sp³-hybridized carbons (Fsp3) is 0. The van der Waals surface area contributed by atoms with Crippen molar-refractivity contribution in [2.45, 2.75) is 0 Å². The first-order valence-corrected chi connectivity index (χ1v) is 6.11. The van der Waals surface area contributed by atoms with Crippen LogP contribution in [0.4, 0.5) is 5.69 Å². The monoisotopic (exact) mass is 309 g/mol. The van der Waals surface area contributed by atoms with Gasteiger partial charge in [-0.3, -0.25) is 4.79 Å². The van der Waals surface area contributed by atoms with Gasteiger partial charge in [-0.05, 0) is 36.4 Å². The molecule has 0 unspecified atom stereocenters. The third-order valence-corrected chi connectivity index (χ3v) is 3.33. The summed E-state index contributed by atoms with van der Waals surface area (Å²) in [6.07, 6.45) is 0. The van der Waals surface area contributed by atoms with Crippen molar-refractivity contribution in [1.29, 1.82) is 0 Å². The van der Waals surface area contributed by atoms with Crippen LogP contribution in [-0.4, -0.2) is 5.78 Å². The smallest absolute Gasteiger partial charge is 0.194 e. The van der Waals surface area contributed by atoms with Gasteiger partial charge in [0.2, 0.25) is 0 Å². The van der Waals surface area contributed by atoms with E-state index in [9.17, 15) is 4.79 Å². The lowest BCUT2D eigenvalue weighted by molar-refractivity contribution is 0.103. The zero-order valence-electron chi connectivity index (χ0n) is 8.78. The Morgan fingerprint density at radius 3 is 2.41 bits per heavy atom. The van der Waals surface area contributed by atoms with Crippen LogP contribution in [0.1, 0.15) is 15.9 Å². The molecule has 0 bridgehead atoms. The summed E-state index contributed by atoms with van der Waals surface area (Å²) in [5.74, 6) is -0.130. The van der Waals surface area contributed by atoms with E-state index in [1.165, 1.54) is 0 Å². The Labute approximate surface area is 113 Å². The Balaban J connectivity index is 2.44. The molecule has 0 aliphatic heterocycles. The number of nitrogen functional groups attached to an aromatic ring is 1. The van der Waals surface area contributed by atoms with E-state index in [0.29, 0.717) is 21.8 Å². The molecule has 0 saturated heterocycles. The molecular formula is C13H9BrClNO.